The molecule has 0 bridgehead atoms. The fourth-order valence-electron chi connectivity index (χ4n) is 4.14. The van der Waals surface area contributed by atoms with E-state index in [-0.39, 0.29) is 5.41 Å². The third-order valence-corrected chi connectivity index (χ3v) is 5.62. The van der Waals surface area contributed by atoms with Crippen LogP contribution in [0.4, 0.5) is 0 Å². The maximum atomic E-state index is 13.4. The van der Waals surface area contributed by atoms with Gasteiger partial charge in [-0.15, -0.1) is 0 Å². The number of carbonyl (C=O) groups excluding carboxylic acids is 1. The van der Waals surface area contributed by atoms with Crippen molar-refractivity contribution in [2.75, 3.05) is 26.2 Å². The van der Waals surface area contributed by atoms with Gasteiger partial charge in [-0.05, 0) is 42.9 Å². The Morgan fingerprint density at radius 2 is 1.74 bits per heavy atom. The number of rotatable bonds is 3. The molecule has 23 heavy (non-hydrogen) atoms. The molecule has 2 aliphatic rings. The van der Waals surface area contributed by atoms with E-state index in [2.05, 4.69) is 48.3 Å². The topological polar surface area (TPSA) is 32.3 Å². The van der Waals surface area contributed by atoms with Crippen LogP contribution in [-0.2, 0) is 10.2 Å². The van der Waals surface area contributed by atoms with Crippen molar-refractivity contribution in [3.05, 3.63) is 35.4 Å². The summed E-state index contributed by atoms with van der Waals surface area (Å²) in [4.78, 5) is 15.5. The van der Waals surface area contributed by atoms with Crippen molar-refractivity contribution in [3.63, 3.8) is 0 Å². The van der Waals surface area contributed by atoms with Crippen molar-refractivity contribution in [1.82, 2.24) is 10.2 Å². The van der Waals surface area contributed by atoms with Gasteiger partial charge in [0.2, 0.25) is 5.91 Å². The van der Waals surface area contributed by atoms with E-state index in [0.29, 0.717) is 11.8 Å². The van der Waals surface area contributed by atoms with Crippen molar-refractivity contribution in [2.24, 2.45) is 0 Å². The molecule has 0 unspecified atom stereocenters. The lowest BCUT2D eigenvalue weighted by Crippen LogP contribution is -2.46. The molecule has 1 aliphatic heterocycles. The number of amides is 1. The Kier molecular flexibility index (Phi) is 5.05. The average Bonchev–Trinajstić information content (AvgIpc) is 2.91. The molecule has 1 saturated heterocycles. The third kappa shape index (κ3) is 3.30. The minimum atomic E-state index is -0.264. The van der Waals surface area contributed by atoms with Crippen LogP contribution in [-0.4, -0.2) is 37.0 Å². The van der Waals surface area contributed by atoms with Gasteiger partial charge in [0.25, 0.3) is 0 Å². The van der Waals surface area contributed by atoms with Crippen molar-refractivity contribution >= 4 is 5.91 Å². The van der Waals surface area contributed by atoms with Crippen LogP contribution in [0.2, 0.25) is 0 Å². The molecular weight excluding hydrogens is 284 g/mol. The van der Waals surface area contributed by atoms with Gasteiger partial charge in [-0.1, -0.05) is 51.0 Å². The van der Waals surface area contributed by atoms with E-state index in [0.717, 1.165) is 45.4 Å². The first-order valence-corrected chi connectivity index (χ1v) is 9.24. The summed E-state index contributed by atoms with van der Waals surface area (Å²) in [5.74, 6) is 0.909. The van der Waals surface area contributed by atoms with Crippen molar-refractivity contribution < 1.29 is 4.79 Å². The Hall–Kier alpha value is -1.35. The molecule has 1 aromatic carbocycles. The van der Waals surface area contributed by atoms with E-state index >= 15 is 0 Å². The largest absolute Gasteiger partial charge is 0.341 e. The van der Waals surface area contributed by atoms with Crippen molar-refractivity contribution in [1.29, 1.82) is 0 Å². The standard InChI is InChI=1S/C20H30N2O/c1-16(2)17-6-8-18(9-7-17)20(10-3-4-11-20)19(23)22-14-5-12-21-13-15-22/h6-9,16,21H,3-5,10-15H2,1-2H3. The molecule has 0 aromatic heterocycles. The lowest BCUT2D eigenvalue weighted by molar-refractivity contribution is -0.137. The zero-order valence-electron chi connectivity index (χ0n) is 14.6. The molecule has 3 heteroatoms. The zero-order chi connectivity index (χ0) is 16.3. The van der Waals surface area contributed by atoms with Gasteiger partial charge in [-0.2, -0.15) is 0 Å². The Bertz CT molecular complexity index is 521. The minimum absolute atomic E-state index is 0.264. The minimum Gasteiger partial charge on any atom is -0.341 e. The monoisotopic (exact) mass is 314 g/mol. The van der Waals surface area contributed by atoms with Crippen molar-refractivity contribution in [2.45, 2.75) is 57.3 Å². The van der Waals surface area contributed by atoms with Crippen LogP contribution in [0, 0.1) is 0 Å². The molecule has 2 fully saturated rings. The summed E-state index contributed by atoms with van der Waals surface area (Å²) in [6.45, 7) is 8.14. The normalized spacial score (nSPS) is 21.4. The summed E-state index contributed by atoms with van der Waals surface area (Å²) in [6.07, 6.45) is 5.43. The highest BCUT2D eigenvalue weighted by Gasteiger charge is 2.44. The van der Waals surface area contributed by atoms with Gasteiger partial charge in [0.1, 0.15) is 0 Å². The molecule has 1 N–H and O–H groups in total. The molecule has 3 nitrogen and oxygen atoms in total. The van der Waals surface area contributed by atoms with Crippen LogP contribution in [0.1, 0.15) is 63.0 Å². The van der Waals surface area contributed by atoms with Gasteiger partial charge in [0.15, 0.2) is 0 Å². The van der Waals surface area contributed by atoms with Gasteiger partial charge in [-0.25, -0.2) is 0 Å². The van der Waals surface area contributed by atoms with Crippen molar-refractivity contribution in [3.8, 4) is 0 Å². The lowest BCUT2D eigenvalue weighted by atomic mass is 9.77. The number of nitrogens with zero attached hydrogens (tertiary/aromatic N) is 1. The van der Waals surface area contributed by atoms with E-state index in [1.54, 1.807) is 0 Å². The average molecular weight is 314 g/mol. The van der Waals surface area contributed by atoms with Crippen LogP contribution in [0.5, 0.6) is 0 Å². The maximum absolute atomic E-state index is 13.4. The highest BCUT2D eigenvalue weighted by molar-refractivity contribution is 5.88. The summed E-state index contributed by atoms with van der Waals surface area (Å²) in [7, 11) is 0. The second-order valence-electron chi connectivity index (χ2n) is 7.46. The van der Waals surface area contributed by atoms with E-state index in [1.807, 2.05) is 0 Å². The summed E-state index contributed by atoms with van der Waals surface area (Å²) in [5, 5.41) is 3.40. The Morgan fingerprint density at radius 3 is 2.39 bits per heavy atom. The first kappa shape index (κ1) is 16.5. The predicted octanol–water partition coefficient (Wildman–Crippen LogP) is 3.44. The van der Waals surface area contributed by atoms with E-state index in [1.165, 1.54) is 24.0 Å². The highest BCUT2D eigenvalue weighted by atomic mass is 16.2. The fourth-order valence-corrected chi connectivity index (χ4v) is 4.14. The second kappa shape index (κ2) is 7.04. The first-order chi connectivity index (χ1) is 11.1. The van der Waals surface area contributed by atoms with Gasteiger partial charge in [-0.3, -0.25) is 4.79 Å². The number of hydrogen-bond donors (Lipinski definition) is 1. The molecule has 3 rings (SSSR count). The maximum Gasteiger partial charge on any atom is 0.233 e. The Labute approximate surface area is 140 Å². The molecule has 1 aromatic rings. The second-order valence-corrected chi connectivity index (χ2v) is 7.46. The summed E-state index contributed by atoms with van der Waals surface area (Å²) in [5.41, 5.74) is 2.33. The molecule has 1 heterocycles. The Balaban J connectivity index is 1.87. The Morgan fingerprint density at radius 1 is 1.04 bits per heavy atom. The van der Waals surface area contributed by atoms with Crippen LogP contribution in [0.25, 0.3) is 0 Å². The van der Waals surface area contributed by atoms with Crippen LogP contribution in [0.15, 0.2) is 24.3 Å². The van der Waals surface area contributed by atoms with Gasteiger partial charge in [0.05, 0.1) is 5.41 Å². The fraction of sp³-hybridized carbons (Fsp3) is 0.650. The molecule has 1 aliphatic carbocycles. The number of carbonyl (C=O) groups is 1. The number of benzene rings is 1. The molecule has 126 valence electrons. The third-order valence-electron chi connectivity index (χ3n) is 5.62. The molecule has 0 radical (unpaired) electrons. The van der Waals surface area contributed by atoms with E-state index in [9.17, 15) is 4.79 Å². The summed E-state index contributed by atoms with van der Waals surface area (Å²) in [6, 6.07) is 8.87. The number of nitrogens with one attached hydrogen (secondary N) is 1. The predicted molar refractivity (Wildman–Crippen MR) is 94.7 cm³/mol. The highest BCUT2D eigenvalue weighted by Crippen LogP contribution is 2.43. The first-order valence-electron chi connectivity index (χ1n) is 9.24. The van der Waals surface area contributed by atoms with Gasteiger partial charge < -0.3 is 10.2 Å². The van der Waals surface area contributed by atoms with Gasteiger partial charge in [0, 0.05) is 19.6 Å². The smallest absolute Gasteiger partial charge is 0.233 e. The zero-order valence-corrected chi connectivity index (χ0v) is 14.6. The number of hydrogen-bond acceptors (Lipinski definition) is 2. The molecule has 1 saturated carbocycles. The molecule has 0 atom stereocenters. The van der Waals surface area contributed by atoms with Crippen LogP contribution < -0.4 is 5.32 Å². The summed E-state index contributed by atoms with van der Waals surface area (Å²) < 4.78 is 0. The lowest BCUT2D eigenvalue weighted by Gasteiger charge is -2.34. The molecule has 1 amide bonds. The quantitative estimate of drug-likeness (QED) is 0.927. The SMILES string of the molecule is CC(C)c1ccc(C2(C(=O)N3CCCNCC3)CCCC2)cc1. The molecule has 0 spiro atoms. The summed E-state index contributed by atoms with van der Waals surface area (Å²) >= 11 is 0. The van der Waals surface area contributed by atoms with E-state index in [4.69, 9.17) is 0 Å². The van der Waals surface area contributed by atoms with E-state index < -0.39 is 0 Å². The van der Waals surface area contributed by atoms with Gasteiger partial charge >= 0.3 is 0 Å². The van der Waals surface area contributed by atoms with Crippen LogP contribution >= 0.6 is 0 Å². The molecular formula is C20H30N2O. The van der Waals surface area contributed by atoms with Crippen LogP contribution in [0.3, 0.4) is 0 Å².